The molecule has 0 saturated heterocycles. The Labute approximate surface area is 146 Å². The van der Waals surface area contributed by atoms with Crippen molar-refractivity contribution in [1.82, 2.24) is 14.8 Å². The highest BCUT2D eigenvalue weighted by Gasteiger charge is 2.18. The number of benzene rings is 1. The van der Waals surface area contributed by atoms with Crippen molar-refractivity contribution < 1.29 is 4.79 Å². The molecule has 1 aromatic carbocycles. The van der Waals surface area contributed by atoms with Crippen molar-refractivity contribution in [2.75, 3.05) is 27.2 Å². The van der Waals surface area contributed by atoms with Crippen LogP contribution in [0.5, 0.6) is 0 Å². The van der Waals surface area contributed by atoms with Crippen LogP contribution in [-0.4, -0.2) is 47.9 Å². The Morgan fingerprint density at radius 3 is 2.67 bits per heavy atom. The standard InChI is InChI=1S/C19H21N3OS/c1-21(2)10-11-22(14-15-6-5-9-20-13-15)19(23)18-12-16-7-3-4-8-17(16)24-18/h3-9,12-13H,10-11,14H2,1-2H3. The van der Waals surface area contributed by atoms with Crippen LogP contribution in [0.4, 0.5) is 0 Å². The van der Waals surface area contributed by atoms with Crippen LogP contribution in [0.3, 0.4) is 0 Å². The molecule has 4 nitrogen and oxygen atoms in total. The quantitative estimate of drug-likeness (QED) is 0.690. The number of thiophene rings is 1. The Morgan fingerprint density at radius 1 is 1.12 bits per heavy atom. The van der Waals surface area contributed by atoms with E-state index < -0.39 is 0 Å². The van der Waals surface area contributed by atoms with Gasteiger partial charge in [0.2, 0.25) is 0 Å². The third kappa shape index (κ3) is 3.99. The number of hydrogen-bond donors (Lipinski definition) is 0. The predicted octanol–water partition coefficient (Wildman–Crippen LogP) is 3.50. The van der Waals surface area contributed by atoms with Gasteiger partial charge in [0.15, 0.2) is 0 Å². The fraction of sp³-hybridized carbons (Fsp3) is 0.263. The second-order valence-corrected chi connectivity index (χ2v) is 7.12. The van der Waals surface area contributed by atoms with Crippen LogP contribution in [0.2, 0.25) is 0 Å². The maximum atomic E-state index is 13.0. The van der Waals surface area contributed by atoms with Crippen LogP contribution in [0, 0.1) is 0 Å². The molecule has 124 valence electrons. The molecule has 0 radical (unpaired) electrons. The molecule has 0 aliphatic rings. The van der Waals surface area contributed by atoms with E-state index in [4.69, 9.17) is 0 Å². The van der Waals surface area contributed by atoms with E-state index >= 15 is 0 Å². The highest BCUT2D eigenvalue weighted by molar-refractivity contribution is 7.20. The van der Waals surface area contributed by atoms with Gasteiger partial charge in [0.25, 0.3) is 5.91 Å². The zero-order chi connectivity index (χ0) is 16.9. The molecule has 2 heterocycles. The third-order valence-corrected chi connectivity index (χ3v) is 4.94. The Balaban J connectivity index is 1.84. The monoisotopic (exact) mass is 339 g/mol. The lowest BCUT2D eigenvalue weighted by Gasteiger charge is -2.24. The van der Waals surface area contributed by atoms with Gasteiger partial charge in [0.05, 0.1) is 4.88 Å². The van der Waals surface area contributed by atoms with E-state index in [1.54, 1.807) is 17.5 Å². The summed E-state index contributed by atoms with van der Waals surface area (Å²) in [7, 11) is 4.04. The molecule has 24 heavy (non-hydrogen) atoms. The fourth-order valence-corrected chi connectivity index (χ4v) is 3.56. The van der Waals surface area contributed by atoms with E-state index in [9.17, 15) is 4.79 Å². The third-order valence-electron chi connectivity index (χ3n) is 3.84. The summed E-state index contributed by atoms with van der Waals surface area (Å²) in [5.74, 6) is 0.0851. The van der Waals surface area contributed by atoms with Gasteiger partial charge in [-0.05, 0) is 43.2 Å². The van der Waals surface area contributed by atoms with Gasteiger partial charge in [0.1, 0.15) is 0 Å². The lowest BCUT2D eigenvalue weighted by atomic mass is 10.2. The zero-order valence-corrected chi connectivity index (χ0v) is 14.8. The largest absolute Gasteiger partial charge is 0.332 e. The summed E-state index contributed by atoms with van der Waals surface area (Å²) in [4.78, 5) is 22.0. The van der Waals surface area contributed by atoms with Crippen molar-refractivity contribution in [3.8, 4) is 0 Å². The van der Waals surface area contributed by atoms with E-state index in [0.29, 0.717) is 13.1 Å². The summed E-state index contributed by atoms with van der Waals surface area (Å²) in [5.41, 5.74) is 1.05. The van der Waals surface area contributed by atoms with Crippen LogP contribution >= 0.6 is 11.3 Å². The molecule has 0 spiro atoms. The molecule has 3 rings (SSSR count). The smallest absolute Gasteiger partial charge is 0.264 e. The number of amides is 1. The summed E-state index contributed by atoms with van der Waals surface area (Å²) in [6, 6.07) is 14.0. The average Bonchev–Trinajstić information content (AvgIpc) is 3.03. The molecule has 0 aliphatic heterocycles. The Kier molecular flexibility index (Phi) is 5.23. The first-order valence-electron chi connectivity index (χ1n) is 7.95. The number of pyridine rings is 1. The molecule has 0 atom stereocenters. The second-order valence-electron chi connectivity index (χ2n) is 6.04. The molecule has 0 fully saturated rings. The molecule has 3 aromatic rings. The van der Waals surface area contributed by atoms with E-state index in [-0.39, 0.29) is 5.91 Å². The summed E-state index contributed by atoms with van der Waals surface area (Å²) < 4.78 is 1.15. The van der Waals surface area contributed by atoms with Crippen LogP contribution in [0.25, 0.3) is 10.1 Å². The first kappa shape index (κ1) is 16.6. The van der Waals surface area contributed by atoms with E-state index in [0.717, 1.165) is 27.1 Å². The maximum absolute atomic E-state index is 13.0. The second kappa shape index (κ2) is 7.55. The van der Waals surface area contributed by atoms with Crippen molar-refractivity contribution in [1.29, 1.82) is 0 Å². The number of carbonyl (C=O) groups excluding carboxylic acids is 1. The van der Waals surface area contributed by atoms with Crippen LogP contribution in [-0.2, 0) is 6.54 Å². The van der Waals surface area contributed by atoms with Crippen LogP contribution in [0.1, 0.15) is 15.2 Å². The van der Waals surface area contributed by atoms with Gasteiger partial charge in [-0.15, -0.1) is 11.3 Å². The number of fused-ring (bicyclic) bond motifs is 1. The van der Waals surface area contributed by atoms with Gasteiger partial charge in [-0.2, -0.15) is 0 Å². The summed E-state index contributed by atoms with van der Waals surface area (Å²) in [5, 5.41) is 1.12. The number of nitrogens with zero attached hydrogens (tertiary/aromatic N) is 3. The Morgan fingerprint density at radius 2 is 1.96 bits per heavy atom. The topological polar surface area (TPSA) is 36.4 Å². The van der Waals surface area contributed by atoms with Crippen molar-refractivity contribution in [3.05, 3.63) is 65.3 Å². The van der Waals surface area contributed by atoms with Gasteiger partial charge in [0, 0.05) is 36.7 Å². The average molecular weight is 339 g/mol. The molecule has 2 aromatic heterocycles. The first-order chi connectivity index (χ1) is 11.6. The Hall–Kier alpha value is -2.24. The lowest BCUT2D eigenvalue weighted by Crippen LogP contribution is -2.35. The number of aromatic nitrogens is 1. The fourth-order valence-electron chi connectivity index (χ4n) is 2.53. The normalized spacial score (nSPS) is 11.1. The Bertz CT molecular complexity index is 781. The van der Waals surface area contributed by atoms with Crippen molar-refractivity contribution in [3.63, 3.8) is 0 Å². The summed E-state index contributed by atoms with van der Waals surface area (Å²) in [6.45, 7) is 2.10. The van der Waals surface area contributed by atoms with Crippen LogP contribution < -0.4 is 0 Å². The minimum Gasteiger partial charge on any atom is -0.332 e. The van der Waals surface area contributed by atoms with E-state index in [1.807, 2.05) is 61.6 Å². The molecule has 0 bridgehead atoms. The first-order valence-corrected chi connectivity index (χ1v) is 8.76. The summed E-state index contributed by atoms with van der Waals surface area (Å²) in [6.07, 6.45) is 3.57. The van der Waals surface area contributed by atoms with Crippen molar-refractivity contribution in [2.24, 2.45) is 0 Å². The highest BCUT2D eigenvalue weighted by Crippen LogP contribution is 2.26. The van der Waals surface area contributed by atoms with Crippen molar-refractivity contribution >= 4 is 27.3 Å². The maximum Gasteiger partial charge on any atom is 0.264 e. The SMILES string of the molecule is CN(C)CCN(Cc1cccnc1)C(=O)c1cc2ccccc2s1. The minimum atomic E-state index is 0.0851. The molecular formula is C19H21N3OS. The summed E-state index contributed by atoms with van der Waals surface area (Å²) >= 11 is 1.56. The van der Waals surface area contributed by atoms with Gasteiger partial charge < -0.3 is 9.80 Å². The van der Waals surface area contributed by atoms with Crippen LogP contribution in [0.15, 0.2) is 54.9 Å². The molecule has 1 amide bonds. The predicted molar refractivity (Wildman–Crippen MR) is 99.4 cm³/mol. The molecule has 0 saturated carbocycles. The zero-order valence-electron chi connectivity index (χ0n) is 14.0. The number of carbonyl (C=O) groups is 1. The van der Waals surface area contributed by atoms with Crippen molar-refractivity contribution in [2.45, 2.75) is 6.54 Å². The number of likely N-dealkylation sites (N-methyl/N-ethyl adjacent to an activating group) is 1. The molecule has 0 aliphatic carbocycles. The van der Waals surface area contributed by atoms with E-state index in [2.05, 4.69) is 16.0 Å². The molecule has 5 heteroatoms. The minimum absolute atomic E-state index is 0.0851. The number of hydrogen-bond acceptors (Lipinski definition) is 4. The lowest BCUT2D eigenvalue weighted by molar-refractivity contribution is 0.0737. The van der Waals surface area contributed by atoms with E-state index in [1.165, 1.54) is 0 Å². The molecule has 0 unspecified atom stereocenters. The molecular weight excluding hydrogens is 318 g/mol. The highest BCUT2D eigenvalue weighted by atomic mass is 32.1. The molecule has 0 N–H and O–H groups in total. The van der Waals surface area contributed by atoms with Gasteiger partial charge in [-0.25, -0.2) is 0 Å². The van der Waals surface area contributed by atoms with Gasteiger partial charge in [-0.3, -0.25) is 9.78 Å². The van der Waals surface area contributed by atoms with Gasteiger partial charge in [-0.1, -0.05) is 24.3 Å². The number of rotatable bonds is 6. The van der Waals surface area contributed by atoms with Gasteiger partial charge >= 0.3 is 0 Å².